The van der Waals surface area contributed by atoms with Crippen molar-refractivity contribution in [3.63, 3.8) is 0 Å². The van der Waals surface area contributed by atoms with Gasteiger partial charge in [0.05, 0.1) is 5.39 Å². The summed E-state index contributed by atoms with van der Waals surface area (Å²) in [6, 6.07) is 0. The van der Waals surface area contributed by atoms with Crippen molar-refractivity contribution in [1.82, 2.24) is 15.3 Å². The molecular weight excluding hydrogens is 322 g/mol. The van der Waals surface area contributed by atoms with Crippen LogP contribution in [0.1, 0.15) is 49.9 Å². The highest BCUT2D eigenvalue weighted by atomic mass is 32.1. The molecule has 0 saturated heterocycles. The third-order valence-corrected chi connectivity index (χ3v) is 6.21. The molecule has 0 saturated carbocycles. The number of amides is 1. The number of hydrogen-bond donors (Lipinski definition) is 2. The quantitative estimate of drug-likeness (QED) is 0.896. The molecule has 2 heterocycles. The summed E-state index contributed by atoms with van der Waals surface area (Å²) in [5.41, 5.74) is 1.42. The van der Waals surface area contributed by atoms with E-state index in [1.54, 1.807) is 18.4 Å². The molecule has 5 nitrogen and oxygen atoms in total. The molecule has 0 unspecified atom stereocenters. The molecule has 0 spiro atoms. The Labute approximate surface area is 145 Å². The minimum Gasteiger partial charge on any atom is -0.359 e. The van der Waals surface area contributed by atoms with Gasteiger partial charge in [-0.05, 0) is 36.2 Å². The number of hydrogen-bond acceptors (Lipinski definition) is 4. The van der Waals surface area contributed by atoms with Crippen LogP contribution in [0.2, 0.25) is 0 Å². The lowest BCUT2D eigenvalue weighted by atomic mass is 9.72. The molecule has 1 atom stereocenters. The molecule has 1 amide bonds. The van der Waals surface area contributed by atoms with Gasteiger partial charge in [0.2, 0.25) is 5.91 Å². The molecule has 2 aromatic heterocycles. The molecular formula is C18H25N3O2S. The summed E-state index contributed by atoms with van der Waals surface area (Å²) >= 11 is 1.66. The van der Waals surface area contributed by atoms with Crippen LogP contribution >= 0.6 is 11.3 Å². The lowest BCUT2D eigenvalue weighted by Crippen LogP contribution is -2.26. The minimum absolute atomic E-state index is 0.0451. The van der Waals surface area contributed by atoms with Crippen LogP contribution in [0.3, 0.4) is 0 Å². The number of rotatable bonds is 3. The second-order valence-corrected chi connectivity index (χ2v) is 8.76. The Morgan fingerprint density at radius 1 is 1.42 bits per heavy atom. The van der Waals surface area contributed by atoms with Crippen LogP contribution in [0.15, 0.2) is 4.79 Å². The van der Waals surface area contributed by atoms with Crippen molar-refractivity contribution in [3.8, 4) is 0 Å². The van der Waals surface area contributed by atoms with E-state index in [4.69, 9.17) is 0 Å². The molecule has 1 aliphatic carbocycles. The topological polar surface area (TPSA) is 74.8 Å². The zero-order chi connectivity index (χ0) is 17.5. The second kappa shape index (κ2) is 6.31. The Morgan fingerprint density at radius 3 is 2.83 bits per heavy atom. The minimum atomic E-state index is -0.0568. The van der Waals surface area contributed by atoms with Gasteiger partial charge in [-0.25, -0.2) is 4.98 Å². The Balaban J connectivity index is 1.93. The number of aryl methyl sites for hydroxylation is 2. The van der Waals surface area contributed by atoms with Gasteiger partial charge in [-0.2, -0.15) is 0 Å². The largest absolute Gasteiger partial charge is 0.359 e. The number of thiophene rings is 1. The summed E-state index contributed by atoms with van der Waals surface area (Å²) < 4.78 is 0. The van der Waals surface area contributed by atoms with E-state index < -0.39 is 0 Å². The molecule has 0 fully saturated rings. The summed E-state index contributed by atoms with van der Waals surface area (Å²) in [6.45, 7) is 6.87. The molecule has 2 aromatic rings. The Bertz CT molecular complexity index is 829. The van der Waals surface area contributed by atoms with E-state index in [0.717, 1.165) is 29.5 Å². The molecule has 3 rings (SSSR count). The first-order valence-corrected chi connectivity index (χ1v) is 9.35. The maximum atomic E-state index is 12.5. The highest BCUT2D eigenvalue weighted by Crippen LogP contribution is 2.41. The van der Waals surface area contributed by atoms with Crippen molar-refractivity contribution in [3.05, 3.63) is 26.6 Å². The zero-order valence-corrected chi connectivity index (χ0v) is 15.6. The number of fused-ring (bicyclic) bond motifs is 3. The van der Waals surface area contributed by atoms with Crippen molar-refractivity contribution < 1.29 is 4.79 Å². The van der Waals surface area contributed by atoms with Crippen LogP contribution in [-0.2, 0) is 24.1 Å². The maximum Gasteiger partial charge on any atom is 0.259 e. The van der Waals surface area contributed by atoms with Crippen molar-refractivity contribution in [2.24, 2.45) is 11.3 Å². The molecule has 24 heavy (non-hydrogen) atoms. The van der Waals surface area contributed by atoms with Gasteiger partial charge in [0.1, 0.15) is 10.7 Å². The molecule has 0 radical (unpaired) electrons. The molecule has 0 aromatic carbocycles. The van der Waals surface area contributed by atoms with Gasteiger partial charge >= 0.3 is 0 Å². The monoisotopic (exact) mass is 347 g/mol. The molecule has 130 valence electrons. The standard InChI is InChI=1S/C18H25N3O2S/c1-18(2,3)10-5-6-11-12(9-10)24-17-15(11)16(23)20-13(21-17)7-8-14(22)19-4/h10H,5-9H2,1-4H3,(H,19,22)(H,20,21,23)/t10-/m0/s1. The van der Waals surface area contributed by atoms with Crippen LogP contribution < -0.4 is 10.9 Å². The fraction of sp³-hybridized carbons (Fsp3) is 0.611. The van der Waals surface area contributed by atoms with Crippen molar-refractivity contribution in [1.29, 1.82) is 0 Å². The van der Waals surface area contributed by atoms with Crippen LogP contribution in [0.4, 0.5) is 0 Å². The number of aromatic amines is 1. The average Bonchev–Trinajstić information content (AvgIpc) is 2.89. The number of carbonyl (C=O) groups is 1. The maximum absolute atomic E-state index is 12.5. The fourth-order valence-corrected chi connectivity index (χ4v) is 4.76. The average molecular weight is 347 g/mol. The van der Waals surface area contributed by atoms with Crippen LogP contribution in [0.5, 0.6) is 0 Å². The predicted octanol–water partition coefficient (Wildman–Crippen LogP) is 2.81. The van der Waals surface area contributed by atoms with E-state index in [9.17, 15) is 9.59 Å². The molecule has 6 heteroatoms. The predicted molar refractivity (Wildman–Crippen MR) is 97.6 cm³/mol. The van der Waals surface area contributed by atoms with Crippen molar-refractivity contribution >= 4 is 27.5 Å². The van der Waals surface area contributed by atoms with E-state index >= 15 is 0 Å². The first kappa shape index (κ1) is 17.1. The van der Waals surface area contributed by atoms with E-state index in [-0.39, 0.29) is 16.9 Å². The Hall–Kier alpha value is -1.69. The van der Waals surface area contributed by atoms with Crippen LogP contribution in [0.25, 0.3) is 10.2 Å². The van der Waals surface area contributed by atoms with Gasteiger partial charge in [0, 0.05) is 24.8 Å². The summed E-state index contributed by atoms with van der Waals surface area (Å²) in [5.74, 6) is 1.20. The first-order chi connectivity index (χ1) is 11.3. The number of carbonyl (C=O) groups excluding carboxylic acids is 1. The van der Waals surface area contributed by atoms with Crippen molar-refractivity contribution in [2.45, 2.75) is 52.9 Å². The van der Waals surface area contributed by atoms with Crippen LogP contribution in [0, 0.1) is 11.3 Å². The third kappa shape index (κ3) is 3.24. The summed E-state index contributed by atoms with van der Waals surface area (Å²) in [5, 5.41) is 3.36. The van der Waals surface area contributed by atoms with Gasteiger partial charge < -0.3 is 10.3 Å². The normalized spacial score (nSPS) is 17.8. The summed E-state index contributed by atoms with van der Waals surface area (Å²) in [6.07, 6.45) is 3.91. The van der Waals surface area contributed by atoms with E-state index in [0.29, 0.717) is 24.6 Å². The zero-order valence-electron chi connectivity index (χ0n) is 14.8. The SMILES string of the molecule is CNC(=O)CCc1nc2sc3c(c2c(=O)[nH]1)CC[C@H](C(C)(C)C)C3. The van der Waals surface area contributed by atoms with Gasteiger partial charge in [0.15, 0.2) is 0 Å². The molecule has 1 aliphatic rings. The number of nitrogens with zero attached hydrogens (tertiary/aromatic N) is 1. The third-order valence-electron chi connectivity index (χ3n) is 5.06. The second-order valence-electron chi connectivity index (χ2n) is 7.68. The van der Waals surface area contributed by atoms with Crippen molar-refractivity contribution in [2.75, 3.05) is 7.05 Å². The van der Waals surface area contributed by atoms with E-state index in [1.807, 2.05) is 0 Å². The van der Waals surface area contributed by atoms with Gasteiger partial charge in [0.25, 0.3) is 5.56 Å². The highest BCUT2D eigenvalue weighted by molar-refractivity contribution is 7.18. The highest BCUT2D eigenvalue weighted by Gasteiger charge is 2.31. The fourth-order valence-electron chi connectivity index (χ4n) is 3.44. The molecule has 2 N–H and O–H groups in total. The van der Waals surface area contributed by atoms with E-state index in [2.05, 4.69) is 36.1 Å². The lowest BCUT2D eigenvalue weighted by molar-refractivity contribution is -0.120. The molecule has 0 bridgehead atoms. The Morgan fingerprint density at radius 2 is 2.17 bits per heavy atom. The summed E-state index contributed by atoms with van der Waals surface area (Å²) in [4.78, 5) is 33.6. The Kier molecular flexibility index (Phi) is 4.51. The summed E-state index contributed by atoms with van der Waals surface area (Å²) in [7, 11) is 1.61. The van der Waals surface area contributed by atoms with Gasteiger partial charge in [-0.15, -0.1) is 11.3 Å². The smallest absolute Gasteiger partial charge is 0.259 e. The van der Waals surface area contributed by atoms with Gasteiger partial charge in [-0.1, -0.05) is 20.8 Å². The number of H-pyrrole nitrogens is 1. The number of aromatic nitrogens is 2. The van der Waals surface area contributed by atoms with Gasteiger partial charge in [-0.3, -0.25) is 9.59 Å². The lowest BCUT2D eigenvalue weighted by Gasteiger charge is -2.33. The first-order valence-electron chi connectivity index (χ1n) is 8.53. The van der Waals surface area contributed by atoms with Crippen LogP contribution in [-0.4, -0.2) is 22.9 Å². The van der Waals surface area contributed by atoms with E-state index in [1.165, 1.54) is 10.4 Å². The molecule has 0 aliphatic heterocycles. The number of nitrogens with one attached hydrogen (secondary N) is 2.